The number of rotatable bonds is 1. The molecule has 0 aromatic rings. The summed E-state index contributed by atoms with van der Waals surface area (Å²) >= 11 is 0. The van der Waals surface area contributed by atoms with Gasteiger partial charge < -0.3 is 4.90 Å². The normalized spacial score (nSPS) is 32.8. The van der Waals surface area contributed by atoms with Crippen molar-refractivity contribution in [2.75, 3.05) is 13.6 Å². The Morgan fingerprint density at radius 2 is 1.71 bits per heavy atom. The number of piperidine rings is 1. The van der Waals surface area contributed by atoms with Crippen LogP contribution in [0.2, 0.25) is 0 Å². The van der Waals surface area contributed by atoms with Gasteiger partial charge in [-0.25, -0.2) is 0 Å². The number of hydrogen-bond acceptors (Lipinski definition) is 1. The van der Waals surface area contributed by atoms with Gasteiger partial charge in [0.1, 0.15) is 0 Å². The van der Waals surface area contributed by atoms with Gasteiger partial charge in [-0.05, 0) is 24.8 Å². The molecule has 0 saturated carbocycles. The molecule has 1 saturated heterocycles. The van der Waals surface area contributed by atoms with E-state index in [4.69, 9.17) is 0 Å². The van der Waals surface area contributed by atoms with E-state index in [1.165, 1.54) is 0 Å². The molecule has 102 valence electrons. The third-order valence-electron chi connectivity index (χ3n) is 4.06. The van der Waals surface area contributed by atoms with Crippen LogP contribution in [0.1, 0.15) is 40.5 Å². The Morgan fingerprint density at radius 3 is 2.06 bits per heavy atom. The molecule has 3 atom stereocenters. The molecule has 3 unspecified atom stereocenters. The maximum absolute atomic E-state index is 12.9. The average Bonchev–Trinajstić information content (AvgIpc) is 2.14. The van der Waals surface area contributed by atoms with Crippen molar-refractivity contribution < 1.29 is 13.2 Å². The first kappa shape index (κ1) is 14.8. The zero-order valence-electron chi connectivity index (χ0n) is 11.4. The van der Waals surface area contributed by atoms with Crippen molar-refractivity contribution in [1.82, 2.24) is 4.90 Å². The van der Waals surface area contributed by atoms with Gasteiger partial charge in [-0.2, -0.15) is 13.2 Å². The second kappa shape index (κ2) is 4.79. The SMILES string of the molecule is CCC1CC(C(C)(C)C)N(C)CC1C(F)(F)F. The van der Waals surface area contributed by atoms with E-state index in [0.29, 0.717) is 12.8 Å². The third kappa shape index (κ3) is 3.36. The molecule has 1 rings (SSSR count). The smallest absolute Gasteiger partial charge is 0.302 e. The van der Waals surface area contributed by atoms with Crippen molar-refractivity contribution in [2.24, 2.45) is 17.3 Å². The number of halogens is 3. The van der Waals surface area contributed by atoms with E-state index in [-0.39, 0.29) is 23.9 Å². The highest BCUT2D eigenvalue weighted by Gasteiger charge is 2.49. The number of alkyl halides is 3. The zero-order valence-corrected chi connectivity index (χ0v) is 11.4. The summed E-state index contributed by atoms with van der Waals surface area (Å²) in [7, 11) is 1.82. The fourth-order valence-electron chi connectivity index (χ4n) is 3.05. The minimum atomic E-state index is -4.06. The first-order valence-electron chi connectivity index (χ1n) is 6.34. The van der Waals surface area contributed by atoms with Gasteiger partial charge in [0, 0.05) is 12.6 Å². The summed E-state index contributed by atoms with van der Waals surface area (Å²) in [5.74, 6) is -1.38. The lowest BCUT2D eigenvalue weighted by molar-refractivity contribution is -0.208. The third-order valence-corrected chi connectivity index (χ3v) is 4.06. The van der Waals surface area contributed by atoms with Crippen LogP contribution in [0.25, 0.3) is 0 Å². The fourth-order valence-corrected chi connectivity index (χ4v) is 3.05. The molecule has 1 heterocycles. The summed E-state index contributed by atoms with van der Waals surface area (Å²) in [6.45, 7) is 8.33. The van der Waals surface area contributed by atoms with Crippen LogP contribution >= 0.6 is 0 Å². The number of hydrogen-bond donors (Lipinski definition) is 0. The summed E-state index contributed by atoms with van der Waals surface area (Å²) in [5.41, 5.74) is 0.0404. The number of likely N-dealkylation sites (tertiary alicyclic amines) is 1. The van der Waals surface area contributed by atoms with Gasteiger partial charge in [-0.3, -0.25) is 0 Å². The van der Waals surface area contributed by atoms with Crippen LogP contribution in [0.5, 0.6) is 0 Å². The Balaban J connectivity index is 2.86. The molecule has 0 aromatic heterocycles. The summed E-state index contributed by atoms with van der Waals surface area (Å²) < 4.78 is 38.8. The molecule has 0 aromatic carbocycles. The van der Waals surface area contributed by atoms with E-state index < -0.39 is 12.1 Å². The molecule has 4 heteroatoms. The second-order valence-electron chi connectivity index (χ2n) is 6.37. The van der Waals surface area contributed by atoms with Gasteiger partial charge in [-0.15, -0.1) is 0 Å². The lowest BCUT2D eigenvalue weighted by Gasteiger charge is -2.48. The topological polar surface area (TPSA) is 3.24 Å². The maximum Gasteiger partial charge on any atom is 0.393 e. The lowest BCUT2D eigenvalue weighted by atomic mass is 9.72. The molecule has 1 aliphatic rings. The van der Waals surface area contributed by atoms with Crippen LogP contribution in [-0.2, 0) is 0 Å². The van der Waals surface area contributed by atoms with Gasteiger partial charge in [0.2, 0.25) is 0 Å². The van der Waals surface area contributed by atoms with Crippen LogP contribution < -0.4 is 0 Å². The van der Waals surface area contributed by atoms with E-state index >= 15 is 0 Å². The Labute approximate surface area is 102 Å². The molecule has 17 heavy (non-hydrogen) atoms. The quantitative estimate of drug-likeness (QED) is 0.682. The maximum atomic E-state index is 12.9. The molecule has 0 aliphatic carbocycles. The molecular weight excluding hydrogens is 227 g/mol. The molecule has 0 amide bonds. The molecule has 0 bridgehead atoms. The van der Waals surface area contributed by atoms with Crippen molar-refractivity contribution in [3.63, 3.8) is 0 Å². The van der Waals surface area contributed by atoms with E-state index in [0.717, 1.165) is 0 Å². The van der Waals surface area contributed by atoms with Gasteiger partial charge in [0.25, 0.3) is 0 Å². The first-order chi connectivity index (χ1) is 7.57. The van der Waals surface area contributed by atoms with Crippen LogP contribution in [0, 0.1) is 17.3 Å². The van der Waals surface area contributed by atoms with Crippen LogP contribution in [0.3, 0.4) is 0 Å². The predicted molar refractivity (Wildman–Crippen MR) is 63.8 cm³/mol. The lowest BCUT2D eigenvalue weighted by Crippen LogP contribution is -2.54. The average molecular weight is 251 g/mol. The van der Waals surface area contributed by atoms with Crippen molar-refractivity contribution in [3.8, 4) is 0 Å². The van der Waals surface area contributed by atoms with Crippen LogP contribution in [0.15, 0.2) is 0 Å². The Kier molecular flexibility index (Phi) is 4.17. The van der Waals surface area contributed by atoms with Crippen molar-refractivity contribution >= 4 is 0 Å². The molecule has 0 N–H and O–H groups in total. The predicted octanol–water partition coefficient (Wildman–Crippen LogP) is 3.94. The van der Waals surface area contributed by atoms with Gasteiger partial charge >= 0.3 is 6.18 Å². The molecule has 1 aliphatic heterocycles. The van der Waals surface area contributed by atoms with Crippen LogP contribution in [-0.4, -0.2) is 30.7 Å². The summed E-state index contributed by atoms with van der Waals surface area (Å²) in [6.07, 6.45) is -2.79. The number of nitrogens with zero attached hydrogens (tertiary/aromatic N) is 1. The Bertz CT molecular complexity index is 254. The summed E-state index contributed by atoms with van der Waals surface area (Å²) in [5, 5.41) is 0. The van der Waals surface area contributed by atoms with Crippen molar-refractivity contribution in [2.45, 2.75) is 52.8 Å². The van der Waals surface area contributed by atoms with Crippen molar-refractivity contribution in [3.05, 3.63) is 0 Å². The van der Waals surface area contributed by atoms with E-state index in [1.54, 1.807) is 0 Å². The van der Waals surface area contributed by atoms with Gasteiger partial charge in [0.15, 0.2) is 0 Å². The monoisotopic (exact) mass is 251 g/mol. The highest BCUT2D eigenvalue weighted by Crippen LogP contribution is 2.43. The van der Waals surface area contributed by atoms with E-state index in [9.17, 15) is 13.2 Å². The van der Waals surface area contributed by atoms with E-state index in [2.05, 4.69) is 20.8 Å². The van der Waals surface area contributed by atoms with Gasteiger partial charge in [-0.1, -0.05) is 34.1 Å². The molecule has 1 fully saturated rings. The molecule has 1 nitrogen and oxygen atoms in total. The van der Waals surface area contributed by atoms with Crippen LogP contribution in [0.4, 0.5) is 13.2 Å². The Hall–Kier alpha value is -0.250. The molecule has 0 radical (unpaired) electrons. The minimum absolute atomic E-state index is 0.0404. The minimum Gasteiger partial charge on any atom is -0.302 e. The van der Waals surface area contributed by atoms with Crippen molar-refractivity contribution in [1.29, 1.82) is 0 Å². The fraction of sp³-hybridized carbons (Fsp3) is 1.00. The molecule has 0 spiro atoms. The van der Waals surface area contributed by atoms with Gasteiger partial charge in [0.05, 0.1) is 5.92 Å². The standard InChI is InChI=1S/C13H24F3N/c1-6-9-7-11(12(2,3)4)17(5)8-10(9)13(14,15)16/h9-11H,6-8H2,1-5H3. The first-order valence-corrected chi connectivity index (χ1v) is 6.34. The Morgan fingerprint density at radius 1 is 1.18 bits per heavy atom. The second-order valence-corrected chi connectivity index (χ2v) is 6.37. The largest absolute Gasteiger partial charge is 0.393 e. The summed E-state index contributed by atoms with van der Waals surface area (Å²) in [4.78, 5) is 1.89. The summed E-state index contributed by atoms with van der Waals surface area (Å²) in [6, 6.07) is 0.242. The highest BCUT2D eigenvalue weighted by atomic mass is 19.4. The molecular formula is C13H24F3N. The highest BCUT2D eigenvalue weighted by molar-refractivity contribution is 4.93. The zero-order chi connectivity index (χ0) is 13.4. The van der Waals surface area contributed by atoms with E-state index in [1.807, 2.05) is 18.9 Å².